The van der Waals surface area contributed by atoms with Crippen molar-refractivity contribution in [1.82, 2.24) is 14.9 Å². The van der Waals surface area contributed by atoms with Gasteiger partial charge >= 0.3 is 6.18 Å². The van der Waals surface area contributed by atoms with Crippen LogP contribution in [0.2, 0.25) is 0 Å². The lowest BCUT2D eigenvalue weighted by molar-refractivity contribution is -0.137. The number of fused-ring (bicyclic) bond motifs is 1. The van der Waals surface area contributed by atoms with Crippen LogP contribution in [0, 0.1) is 0 Å². The van der Waals surface area contributed by atoms with Crippen LogP contribution in [-0.2, 0) is 6.18 Å². The van der Waals surface area contributed by atoms with Gasteiger partial charge in [0, 0.05) is 42.0 Å². The van der Waals surface area contributed by atoms with Crippen LogP contribution in [-0.4, -0.2) is 33.9 Å². The molecule has 27 heavy (non-hydrogen) atoms. The second-order valence-corrected chi connectivity index (χ2v) is 6.41. The van der Waals surface area contributed by atoms with Crippen LogP contribution < -0.4 is 0 Å². The lowest BCUT2D eigenvalue weighted by Gasteiger charge is -2.26. The van der Waals surface area contributed by atoms with E-state index < -0.39 is 17.6 Å². The minimum atomic E-state index is -4.46. The van der Waals surface area contributed by atoms with E-state index in [0.717, 1.165) is 34.3 Å². The van der Waals surface area contributed by atoms with Crippen LogP contribution in [0.1, 0.15) is 27.9 Å². The highest BCUT2D eigenvalue weighted by molar-refractivity contribution is 5.96. The molecule has 1 N–H and O–H groups in total. The number of carbonyl (C=O) groups excluding carboxylic acids is 1. The van der Waals surface area contributed by atoms with Crippen molar-refractivity contribution < 1.29 is 18.0 Å². The summed E-state index contributed by atoms with van der Waals surface area (Å²) < 4.78 is 38.6. The summed E-state index contributed by atoms with van der Waals surface area (Å²) in [4.78, 5) is 21.6. The van der Waals surface area contributed by atoms with Gasteiger partial charge in [-0.15, -0.1) is 0 Å². The molecule has 4 nitrogen and oxygen atoms in total. The molecule has 1 aromatic carbocycles. The minimum absolute atomic E-state index is 0.0537. The van der Waals surface area contributed by atoms with E-state index in [4.69, 9.17) is 0 Å². The molecular formula is C20H16F3N3O. The predicted octanol–water partition coefficient (Wildman–Crippen LogP) is 4.51. The number of hydrogen-bond donors (Lipinski definition) is 1. The van der Waals surface area contributed by atoms with E-state index in [1.807, 2.05) is 24.4 Å². The Morgan fingerprint density at radius 1 is 1.19 bits per heavy atom. The number of H-pyrrole nitrogens is 1. The first-order valence-electron chi connectivity index (χ1n) is 8.51. The molecule has 0 saturated carbocycles. The maximum absolute atomic E-state index is 12.9. The maximum Gasteiger partial charge on any atom is 0.416 e. The third kappa shape index (κ3) is 3.32. The molecule has 138 valence electrons. The molecule has 4 rings (SSSR count). The van der Waals surface area contributed by atoms with Crippen LogP contribution in [0.3, 0.4) is 0 Å². The summed E-state index contributed by atoms with van der Waals surface area (Å²) in [6.45, 7) is 0.811. The third-order valence-electron chi connectivity index (χ3n) is 4.73. The molecule has 0 spiro atoms. The van der Waals surface area contributed by atoms with Crippen molar-refractivity contribution >= 4 is 22.5 Å². The van der Waals surface area contributed by atoms with E-state index in [1.54, 1.807) is 11.1 Å². The van der Waals surface area contributed by atoms with E-state index >= 15 is 0 Å². The first-order chi connectivity index (χ1) is 12.9. The number of nitrogens with one attached hydrogen (secondary N) is 1. The average molecular weight is 371 g/mol. The fraction of sp³-hybridized carbons (Fsp3) is 0.200. The highest BCUT2D eigenvalue weighted by Crippen LogP contribution is 2.31. The lowest BCUT2D eigenvalue weighted by Crippen LogP contribution is -2.34. The fourth-order valence-corrected chi connectivity index (χ4v) is 3.33. The SMILES string of the molecule is O=C(c1cccc(C(F)(F)F)c1)N1CC=C(c2c[nH]c3ncccc23)CC1. The number of halogens is 3. The van der Waals surface area contributed by atoms with Gasteiger partial charge in [-0.25, -0.2) is 4.98 Å². The summed E-state index contributed by atoms with van der Waals surface area (Å²) >= 11 is 0. The van der Waals surface area contributed by atoms with Gasteiger partial charge in [-0.3, -0.25) is 4.79 Å². The molecule has 1 aliphatic rings. The minimum Gasteiger partial charge on any atom is -0.346 e. The number of benzene rings is 1. The number of aromatic nitrogens is 2. The van der Waals surface area contributed by atoms with Crippen LogP contribution in [0.25, 0.3) is 16.6 Å². The summed E-state index contributed by atoms with van der Waals surface area (Å²) in [5.74, 6) is -0.392. The number of alkyl halides is 3. The van der Waals surface area contributed by atoms with E-state index in [1.165, 1.54) is 12.1 Å². The molecule has 0 fully saturated rings. The zero-order valence-corrected chi connectivity index (χ0v) is 14.3. The molecule has 2 aromatic heterocycles. The average Bonchev–Trinajstić information content (AvgIpc) is 3.11. The zero-order valence-electron chi connectivity index (χ0n) is 14.3. The molecule has 0 aliphatic carbocycles. The zero-order chi connectivity index (χ0) is 19.0. The molecule has 3 aromatic rings. The molecule has 0 saturated heterocycles. The number of pyridine rings is 1. The number of amides is 1. The molecule has 3 heterocycles. The highest BCUT2D eigenvalue weighted by Gasteiger charge is 2.31. The largest absolute Gasteiger partial charge is 0.416 e. The van der Waals surface area contributed by atoms with Crippen molar-refractivity contribution in [2.75, 3.05) is 13.1 Å². The van der Waals surface area contributed by atoms with Gasteiger partial charge in [0.25, 0.3) is 5.91 Å². The standard InChI is InChI=1S/C20H16F3N3O/c21-20(22,23)15-4-1-3-14(11-15)19(27)26-9-6-13(7-10-26)17-12-25-18-16(17)5-2-8-24-18/h1-6,8,11-12H,7,9-10H2,(H,24,25). The van der Waals surface area contributed by atoms with Crippen LogP contribution in [0.15, 0.2) is 54.9 Å². The number of nitrogens with zero attached hydrogens (tertiary/aromatic N) is 2. The van der Waals surface area contributed by atoms with Crippen LogP contribution >= 0.6 is 0 Å². The number of carbonyl (C=O) groups is 1. The first-order valence-corrected chi connectivity index (χ1v) is 8.51. The van der Waals surface area contributed by atoms with Crippen molar-refractivity contribution in [2.24, 2.45) is 0 Å². The smallest absolute Gasteiger partial charge is 0.346 e. The van der Waals surface area contributed by atoms with Crippen LogP contribution in [0.5, 0.6) is 0 Å². The maximum atomic E-state index is 12.9. The summed E-state index contributed by atoms with van der Waals surface area (Å²) in [7, 11) is 0. The predicted molar refractivity (Wildman–Crippen MR) is 96.0 cm³/mol. The lowest BCUT2D eigenvalue weighted by atomic mass is 9.99. The van der Waals surface area contributed by atoms with Gasteiger partial charge in [0.2, 0.25) is 0 Å². The monoisotopic (exact) mass is 371 g/mol. The van der Waals surface area contributed by atoms with Crippen molar-refractivity contribution in [3.8, 4) is 0 Å². The topological polar surface area (TPSA) is 49.0 Å². The number of hydrogen-bond acceptors (Lipinski definition) is 2. The van der Waals surface area contributed by atoms with Gasteiger partial charge in [0.1, 0.15) is 5.65 Å². The Morgan fingerprint density at radius 2 is 2.04 bits per heavy atom. The van der Waals surface area contributed by atoms with Gasteiger partial charge in [0.05, 0.1) is 5.56 Å². The van der Waals surface area contributed by atoms with Crippen molar-refractivity contribution in [3.63, 3.8) is 0 Å². The van der Waals surface area contributed by atoms with Gasteiger partial charge in [-0.2, -0.15) is 13.2 Å². The highest BCUT2D eigenvalue weighted by atomic mass is 19.4. The fourth-order valence-electron chi connectivity index (χ4n) is 3.33. The molecule has 1 aliphatic heterocycles. The van der Waals surface area contributed by atoms with E-state index in [2.05, 4.69) is 9.97 Å². The molecule has 1 amide bonds. The molecular weight excluding hydrogens is 355 g/mol. The van der Waals surface area contributed by atoms with E-state index in [9.17, 15) is 18.0 Å². The second-order valence-electron chi connectivity index (χ2n) is 6.41. The van der Waals surface area contributed by atoms with Gasteiger partial charge in [0.15, 0.2) is 0 Å². The Hall–Kier alpha value is -3.09. The molecule has 0 unspecified atom stereocenters. The summed E-state index contributed by atoms with van der Waals surface area (Å²) in [6, 6.07) is 8.41. The van der Waals surface area contributed by atoms with Gasteiger partial charge in [-0.1, -0.05) is 12.1 Å². The molecule has 0 radical (unpaired) electrons. The Kier molecular flexibility index (Phi) is 4.22. The van der Waals surface area contributed by atoms with Crippen molar-refractivity contribution in [2.45, 2.75) is 12.6 Å². The van der Waals surface area contributed by atoms with Crippen LogP contribution in [0.4, 0.5) is 13.2 Å². The summed E-state index contributed by atoms with van der Waals surface area (Å²) in [5, 5.41) is 1.02. The normalized spacial score (nSPS) is 15.1. The molecule has 0 atom stereocenters. The van der Waals surface area contributed by atoms with Gasteiger partial charge < -0.3 is 9.88 Å². The Morgan fingerprint density at radius 3 is 2.78 bits per heavy atom. The Balaban J connectivity index is 1.54. The summed E-state index contributed by atoms with van der Waals surface area (Å²) in [5.41, 5.74) is 2.19. The quantitative estimate of drug-likeness (QED) is 0.721. The second kappa shape index (κ2) is 6.57. The van der Waals surface area contributed by atoms with Gasteiger partial charge in [-0.05, 0) is 42.3 Å². The molecule has 0 bridgehead atoms. The molecule has 7 heteroatoms. The third-order valence-corrected chi connectivity index (χ3v) is 4.73. The first kappa shape index (κ1) is 17.3. The summed E-state index contributed by atoms with van der Waals surface area (Å²) in [6.07, 6.45) is 1.73. The van der Waals surface area contributed by atoms with E-state index in [0.29, 0.717) is 19.5 Å². The Bertz CT molecular complexity index is 1040. The number of rotatable bonds is 2. The van der Waals surface area contributed by atoms with Crippen molar-refractivity contribution in [1.29, 1.82) is 0 Å². The number of aromatic amines is 1. The Labute approximate surface area is 153 Å². The van der Waals surface area contributed by atoms with Crippen molar-refractivity contribution in [3.05, 3.63) is 71.6 Å². The van der Waals surface area contributed by atoms with E-state index in [-0.39, 0.29) is 5.56 Å².